The molecular formula is C36H31ClN2O3S. The molecule has 2 heterocycles. The van der Waals surface area contributed by atoms with Gasteiger partial charge in [-0.3, -0.25) is 0 Å². The van der Waals surface area contributed by atoms with E-state index < -0.39 is 10.1 Å². The highest BCUT2D eigenvalue weighted by atomic mass is 35.5. The lowest BCUT2D eigenvalue weighted by molar-refractivity contribution is -0.430. The summed E-state index contributed by atoms with van der Waals surface area (Å²) in [6.07, 6.45) is 10.2. The third-order valence-electron chi connectivity index (χ3n) is 8.94. The fourth-order valence-electron chi connectivity index (χ4n) is 6.95. The lowest BCUT2D eigenvalue weighted by Gasteiger charge is -2.11. The number of halogens is 1. The molecule has 0 spiro atoms. The average molecular weight is 607 g/mol. The second-order valence-corrected chi connectivity index (χ2v) is 12.9. The van der Waals surface area contributed by atoms with Crippen LogP contribution in [0.2, 0.25) is 0 Å². The molecule has 1 aliphatic heterocycles. The van der Waals surface area contributed by atoms with Crippen molar-refractivity contribution in [1.82, 2.24) is 4.57 Å². The minimum atomic E-state index is -4.60. The topological polar surface area (TPSA) is 65.1 Å². The number of rotatable bonds is 6. The molecule has 0 unspecified atom stereocenters. The first-order valence-corrected chi connectivity index (χ1v) is 16.5. The molecular weight excluding hydrogens is 576 g/mol. The highest BCUT2D eigenvalue weighted by Gasteiger charge is 2.30. The first-order valence-electron chi connectivity index (χ1n) is 14.7. The van der Waals surface area contributed by atoms with Gasteiger partial charge >= 0.3 is 0 Å². The zero-order chi connectivity index (χ0) is 30.0. The molecule has 0 N–H and O–H groups in total. The number of allylic oxidation sites excluding steroid dienone is 6. The summed E-state index contributed by atoms with van der Waals surface area (Å²) in [6, 6.07) is 19.6. The highest BCUT2D eigenvalue weighted by Crippen LogP contribution is 2.39. The van der Waals surface area contributed by atoms with E-state index in [0.717, 1.165) is 57.2 Å². The SMILES string of the molecule is CCn1c(=CC=C2CCC(C=CC3=[N+](CC)c4ccc(C)c5cccc3c45)=C2Cl)c2cccc3c(S(=O)(=O)[O-])ccc1c32. The molecule has 5 aromatic rings. The molecule has 7 heteroatoms. The first-order chi connectivity index (χ1) is 20.7. The van der Waals surface area contributed by atoms with Crippen molar-refractivity contribution in [2.75, 3.05) is 6.54 Å². The van der Waals surface area contributed by atoms with Gasteiger partial charge in [-0.25, -0.2) is 8.42 Å². The summed E-state index contributed by atoms with van der Waals surface area (Å²) in [7, 11) is -4.60. The zero-order valence-corrected chi connectivity index (χ0v) is 25.9. The molecule has 5 nitrogen and oxygen atoms in total. The van der Waals surface area contributed by atoms with Crippen molar-refractivity contribution >= 4 is 71.6 Å². The van der Waals surface area contributed by atoms with E-state index in [4.69, 9.17) is 11.6 Å². The van der Waals surface area contributed by atoms with E-state index in [-0.39, 0.29) is 4.90 Å². The monoisotopic (exact) mass is 606 g/mol. The Labute approximate surface area is 256 Å². The maximum absolute atomic E-state index is 12.0. The number of nitrogens with zero attached hydrogens (tertiary/aromatic N) is 2. The summed E-state index contributed by atoms with van der Waals surface area (Å²) < 4.78 is 40.4. The van der Waals surface area contributed by atoms with Crippen LogP contribution in [0.1, 0.15) is 37.8 Å². The molecule has 0 bridgehead atoms. The summed E-state index contributed by atoms with van der Waals surface area (Å²) in [6.45, 7) is 7.98. The van der Waals surface area contributed by atoms with Crippen LogP contribution in [-0.2, 0) is 16.7 Å². The molecule has 4 aromatic carbocycles. The summed E-state index contributed by atoms with van der Waals surface area (Å²) in [5, 5.41) is 6.52. The van der Waals surface area contributed by atoms with Gasteiger partial charge < -0.3 is 9.12 Å². The van der Waals surface area contributed by atoms with Crippen molar-refractivity contribution in [3.8, 4) is 0 Å². The largest absolute Gasteiger partial charge is 0.744 e. The summed E-state index contributed by atoms with van der Waals surface area (Å²) in [4.78, 5) is -0.182. The number of aromatic nitrogens is 1. The van der Waals surface area contributed by atoms with Gasteiger partial charge in [0.05, 0.1) is 15.8 Å². The Kier molecular flexibility index (Phi) is 6.69. The van der Waals surface area contributed by atoms with Crippen LogP contribution in [-0.4, -0.2) is 34.4 Å². The second kappa shape index (κ2) is 10.3. The molecule has 43 heavy (non-hydrogen) atoms. The average Bonchev–Trinajstić information content (AvgIpc) is 3.62. The van der Waals surface area contributed by atoms with E-state index in [1.807, 2.05) is 12.1 Å². The normalized spacial score (nSPS) is 17.0. The van der Waals surface area contributed by atoms with Gasteiger partial charge in [0.25, 0.3) is 0 Å². The van der Waals surface area contributed by atoms with Gasteiger partial charge in [-0.2, -0.15) is 4.58 Å². The van der Waals surface area contributed by atoms with E-state index in [0.29, 0.717) is 11.9 Å². The summed E-state index contributed by atoms with van der Waals surface area (Å²) in [5.74, 6) is 0. The van der Waals surface area contributed by atoms with Crippen molar-refractivity contribution in [1.29, 1.82) is 0 Å². The number of hydrogen-bond donors (Lipinski definition) is 0. The lowest BCUT2D eigenvalue weighted by Crippen LogP contribution is -2.14. The van der Waals surface area contributed by atoms with Crippen LogP contribution in [0.3, 0.4) is 0 Å². The van der Waals surface area contributed by atoms with Crippen LogP contribution in [0.15, 0.2) is 100.0 Å². The summed E-state index contributed by atoms with van der Waals surface area (Å²) in [5.41, 5.74) is 8.08. The molecule has 216 valence electrons. The predicted molar refractivity (Wildman–Crippen MR) is 175 cm³/mol. The minimum Gasteiger partial charge on any atom is -0.744 e. The number of benzene rings is 4. The Hall–Kier alpha value is -3.97. The number of hydrogen-bond acceptors (Lipinski definition) is 3. The van der Waals surface area contributed by atoms with E-state index in [1.165, 1.54) is 39.4 Å². The minimum absolute atomic E-state index is 0.182. The van der Waals surface area contributed by atoms with Crippen LogP contribution in [0.4, 0.5) is 5.69 Å². The summed E-state index contributed by atoms with van der Waals surface area (Å²) >= 11 is 6.98. The molecule has 2 aliphatic rings. The standard InChI is InChI=1S/C36H31ClN2O3S/c1-4-38-29(26-9-6-8-25-22(3)12-17-31(38)34(25)26)18-15-23-13-14-24(36(23)37)16-19-30-27-10-7-11-28-33(43(40,41)42)21-20-32(35(27)28)39(30)5-2/h6-12,15-21H,4-5,13-14H2,1-3H3. The van der Waals surface area contributed by atoms with Gasteiger partial charge in [-0.15, -0.1) is 0 Å². The van der Waals surface area contributed by atoms with Crippen molar-refractivity contribution in [3.05, 3.63) is 112 Å². The third kappa shape index (κ3) is 4.31. The van der Waals surface area contributed by atoms with Crippen molar-refractivity contribution < 1.29 is 17.5 Å². The third-order valence-corrected chi connectivity index (χ3v) is 10.3. The van der Waals surface area contributed by atoms with Gasteiger partial charge in [0.1, 0.15) is 16.7 Å². The zero-order valence-electron chi connectivity index (χ0n) is 24.3. The quantitative estimate of drug-likeness (QED) is 0.148. The fourth-order valence-corrected chi connectivity index (χ4v) is 7.94. The molecule has 0 saturated carbocycles. The van der Waals surface area contributed by atoms with E-state index >= 15 is 0 Å². The van der Waals surface area contributed by atoms with Crippen LogP contribution >= 0.6 is 11.6 Å². The Morgan fingerprint density at radius 2 is 1.67 bits per heavy atom. The predicted octanol–water partition coefficient (Wildman–Crippen LogP) is 7.62. The highest BCUT2D eigenvalue weighted by molar-refractivity contribution is 7.86. The van der Waals surface area contributed by atoms with Crippen LogP contribution in [0.25, 0.3) is 38.5 Å². The Morgan fingerprint density at radius 3 is 2.44 bits per heavy atom. The molecule has 0 fully saturated rings. The van der Waals surface area contributed by atoms with Gasteiger partial charge in [0, 0.05) is 50.7 Å². The van der Waals surface area contributed by atoms with Crippen molar-refractivity contribution in [2.45, 2.75) is 45.1 Å². The fraction of sp³-hybridized carbons (Fsp3) is 0.194. The molecule has 1 aliphatic carbocycles. The van der Waals surface area contributed by atoms with Crippen LogP contribution < -0.4 is 5.35 Å². The maximum atomic E-state index is 12.0. The second-order valence-electron chi connectivity index (χ2n) is 11.2. The Bertz CT molecular complexity index is 2300. The van der Waals surface area contributed by atoms with E-state index in [9.17, 15) is 13.0 Å². The Morgan fingerprint density at radius 1 is 0.907 bits per heavy atom. The molecule has 1 aromatic heterocycles. The van der Waals surface area contributed by atoms with Crippen LogP contribution in [0, 0.1) is 6.92 Å². The first kappa shape index (κ1) is 27.8. The smallest absolute Gasteiger partial charge is 0.214 e. The van der Waals surface area contributed by atoms with Gasteiger partial charge in [-0.1, -0.05) is 60.2 Å². The molecule has 0 atom stereocenters. The molecule has 7 rings (SSSR count). The molecule has 0 radical (unpaired) electrons. The maximum Gasteiger partial charge on any atom is 0.214 e. The molecule has 0 saturated heterocycles. The van der Waals surface area contributed by atoms with E-state index in [1.54, 1.807) is 12.1 Å². The number of aryl methyl sites for hydroxylation is 2. The molecule has 0 amide bonds. The van der Waals surface area contributed by atoms with Crippen molar-refractivity contribution in [2.24, 2.45) is 0 Å². The van der Waals surface area contributed by atoms with E-state index in [2.05, 4.69) is 84.5 Å². The van der Waals surface area contributed by atoms with Gasteiger partial charge in [0.2, 0.25) is 11.4 Å². The van der Waals surface area contributed by atoms with Crippen molar-refractivity contribution in [3.63, 3.8) is 0 Å². The van der Waals surface area contributed by atoms with Gasteiger partial charge in [0.15, 0.2) is 0 Å². The van der Waals surface area contributed by atoms with Crippen LogP contribution in [0.5, 0.6) is 0 Å². The van der Waals surface area contributed by atoms with Gasteiger partial charge in [-0.05, 0) is 80.0 Å². The lowest BCUT2D eigenvalue weighted by atomic mass is 9.98. The Balaban J connectivity index is 1.29.